The van der Waals surface area contributed by atoms with Crippen LogP contribution in [0.25, 0.3) is 0 Å². The van der Waals surface area contributed by atoms with Gasteiger partial charge in [0.25, 0.3) is 0 Å². The van der Waals surface area contributed by atoms with E-state index in [0.717, 1.165) is 6.42 Å². The number of rotatable bonds is 4. The minimum atomic E-state index is 0.184. The zero-order valence-electron chi connectivity index (χ0n) is 9.65. The van der Waals surface area contributed by atoms with Crippen LogP contribution in [0, 0.1) is 0 Å². The summed E-state index contributed by atoms with van der Waals surface area (Å²) in [4.78, 5) is 2.52. The van der Waals surface area contributed by atoms with Crippen LogP contribution in [-0.4, -0.2) is 29.6 Å². The predicted molar refractivity (Wildman–Crippen MR) is 66.5 cm³/mol. The van der Waals surface area contributed by atoms with Crippen molar-refractivity contribution in [2.75, 3.05) is 25.4 Å². The van der Waals surface area contributed by atoms with Gasteiger partial charge in [0.05, 0.1) is 5.69 Å². The molecule has 0 aliphatic carbocycles. The number of aryl methyl sites for hydroxylation is 1. The van der Waals surface area contributed by atoms with Crippen molar-refractivity contribution >= 4 is 5.69 Å². The Morgan fingerprint density at radius 1 is 1.25 bits per heavy atom. The Labute approximate surface area is 96.9 Å². The van der Waals surface area contributed by atoms with Gasteiger partial charge in [-0.15, -0.1) is 0 Å². The van der Waals surface area contributed by atoms with Crippen molar-refractivity contribution in [3.8, 4) is 5.75 Å². The maximum Gasteiger partial charge on any atom is 0.138 e. The van der Waals surface area contributed by atoms with Crippen LogP contribution in [0.1, 0.15) is 24.8 Å². The Kier molecular flexibility index (Phi) is 3.67. The van der Waals surface area contributed by atoms with E-state index < -0.39 is 0 Å². The molecule has 1 heterocycles. The Balaban J connectivity index is 1.78. The van der Waals surface area contributed by atoms with Crippen LogP contribution >= 0.6 is 0 Å². The normalized spacial score (nSPS) is 16.8. The van der Waals surface area contributed by atoms with Gasteiger partial charge in [-0.2, -0.15) is 0 Å². The van der Waals surface area contributed by atoms with E-state index in [2.05, 4.69) is 4.90 Å². The molecular formula is C13H20N2O. The molecule has 0 bridgehead atoms. The first kappa shape index (κ1) is 11.3. The number of aromatic hydroxyl groups is 1. The number of hydrogen-bond donors (Lipinski definition) is 2. The van der Waals surface area contributed by atoms with Crippen molar-refractivity contribution in [3.05, 3.63) is 23.8 Å². The average molecular weight is 220 g/mol. The fourth-order valence-corrected chi connectivity index (χ4v) is 2.27. The predicted octanol–water partition coefficient (Wildman–Crippen LogP) is 2.00. The van der Waals surface area contributed by atoms with Crippen LogP contribution in [-0.2, 0) is 6.42 Å². The molecular weight excluding hydrogens is 200 g/mol. The minimum Gasteiger partial charge on any atom is -0.506 e. The Morgan fingerprint density at radius 3 is 2.69 bits per heavy atom. The standard InChI is InChI=1S/C13H20N2O/c14-12-10-11(5-6-13(12)16)4-3-9-15-7-1-2-8-15/h5-6,10,16H,1-4,7-9,14H2. The summed E-state index contributed by atoms with van der Waals surface area (Å²) in [7, 11) is 0. The third kappa shape index (κ3) is 2.89. The first-order valence-corrected chi connectivity index (χ1v) is 6.05. The lowest BCUT2D eigenvalue weighted by molar-refractivity contribution is 0.334. The second kappa shape index (κ2) is 5.21. The molecule has 0 unspecified atom stereocenters. The van der Waals surface area contributed by atoms with Crippen molar-refractivity contribution in [2.45, 2.75) is 25.7 Å². The van der Waals surface area contributed by atoms with E-state index in [1.165, 1.54) is 44.5 Å². The number of likely N-dealkylation sites (tertiary alicyclic amines) is 1. The van der Waals surface area contributed by atoms with E-state index in [1.54, 1.807) is 6.07 Å². The van der Waals surface area contributed by atoms with Crippen LogP contribution in [0.3, 0.4) is 0 Å². The molecule has 0 aromatic heterocycles. The summed E-state index contributed by atoms with van der Waals surface area (Å²) >= 11 is 0. The summed E-state index contributed by atoms with van der Waals surface area (Å²) < 4.78 is 0. The fraction of sp³-hybridized carbons (Fsp3) is 0.538. The van der Waals surface area contributed by atoms with Gasteiger partial charge in [-0.05, 0) is 63.0 Å². The number of phenolic OH excluding ortho intramolecular Hbond substituents is 1. The fourth-order valence-electron chi connectivity index (χ4n) is 2.27. The minimum absolute atomic E-state index is 0.184. The molecule has 3 heteroatoms. The third-order valence-electron chi connectivity index (χ3n) is 3.23. The number of phenols is 1. The largest absolute Gasteiger partial charge is 0.506 e. The zero-order chi connectivity index (χ0) is 11.4. The molecule has 0 spiro atoms. The molecule has 0 amide bonds. The van der Waals surface area contributed by atoms with Gasteiger partial charge < -0.3 is 15.7 Å². The van der Waals surface area contributed by atoms with Crippen LogP contribution < -0.4 is 5.73 Å². The second-order valence-corrected chi connectivity index (χ2v) is 4.55. The van der Waals surface area contributed by atoms with E-state index in [0.29, 0.717) is 5.69 Å². The lowest BCUT2D eigenvalue weighted by Gasteiger charge is -2.14. The first-order valence-electron chi connectivity index (χ1n) is 6.05. The zero-order valence-corrected chi connectivity index (χ0v) is 9.65. The molecule has 0 radical (unpaired) electrons. The summed E-state index contributed by atoms with van der Waals surface area (Å²) in [5, 5.41) is 9.31. The van der Waals surface area contributed by atoms with Gasteiger partial charge in [0.1, 0.15) is 5.75 Å². The van der Waals surface area contributed by atoms with E-state index in [4.69, 9.17) is 5.73 Å². The molecule has 0 saturated carbocycles. The van der Waals surface area contributed by atoms with E-state index in [1.807, 2.05) is 12.1 Å². The Morgan fingerprint density at radius 2 is 2.00 bits per heavy atom. The maximum atomic E-state index is 9.31. The van der Waals surface area contributed by atoms with Crippen molar-refractivity contribution in [2.24, 2.45) is 0 Å². The van der Waals surface area contributed by atoms with Gasteiger partial charge in [0, 0.05) is 0 Å². The molecule has 1 fully saturated rings. The van der Waals surface area contributed by atoms with Crippen molar-refractivity contribution in [1.82, 2.24) is 4.90 Å². The van der Waals surface area contributed by atoms with Crippen LogP contribution in [0.5, 0.6) is 5.75 Å². The summed E-state index contributed by atoms with van der Waals surface area (Å²) in [6, 6.07) is 5.51. The molecule has 3 N–H and O–H groups in total. The number of benzene rings is 1. The van der Waals surface area contributed by atoms with Gasteiger partial charge in [-0.1, -0.05) is 6.07 Å². The van der Waals surface area contributed by atoms with Crippen molar-refractivity contribution in [3.63, 3.8) is 0 Å². The molecule has 1 aromatic rings. The van der Waals surface area contributed by atoms with Gasteiger partial charge in [-0.3, -0.25) is 0 Å². The molecule has 1 aliphatic heterocycles. The molecule has 0 atom stereocenters. The topological polar surface area (TPSA) is 49.5 Å². The van der Waals surface area contributed by atoms with Gasteiger partial charge in [0.2, 0.25) is 0 Å². The summed E-state index contributed by atoms with van der Waals surface area (Å²) in [6.45, 7) is 3.70. The molecule has 1 aliphatic rings. The lowest BCUT2D eigenvalue weighted by Crippen LogP contribution is -2.20. The van der Waals surface area contributed by atoms with E-state index in [9.17, 15) is 5.11 Å². The van der Waals surface area contributed by atoms with E-state index in [-0.39, 0.29) is 5.75 Å². The van der Waals surface area contributed by atoms with Gasteiger partial charge in [0.15, 0.2) is 0 Å². The number of nitrogen functional groups attached to an aromatic ring is 1. The SMILES string of the molecule is Nc1cc(CCCN2CCCC2)ccc1O. The molecule has 2 rings (SSSR count). The smallest absolute Gasteiger partial charge is 0.138 e. The average Bonchev–Trinajstić information content (AvgIpc) is 2.76. The van der Waals surface area contributed by atoms with E-state index >= 15 is 0 Å². The molecule has 1 saturated heterocycles. The summed E-state index contributed by atoms with van der Waals surface area (Å²) in [5.41, 5.74) is 7.36. The first-order chi connectivity index (χ1) is 7.75. The van der Waals surface area contributed by atoms with Crippen LogP contribution in [0.4, 0.5) is 5.69 Å². The summed E-state index contributed by atoms with van der Waals surface area (Å²) in [5.74, 6) is 0.184. The maximum absolute atomic E-state index is 9.31. The Hall–Kier alpha value is -1.22. The van der Waals surface area contributed by atoms with Crippen LogP contribution in [0.2, 0.25) is 0 Å². The molecule has 1 aromatic carbocycles. The second-order valence-electron chi connectivity index (χ2n) is 4.55. The monoisotopic (exact) mass is 220 g/mol. The highest BCUT2D eigenvalue weighted by molar-refractivity contribution is 5.53. The number of nitrogens with zero attached hydrogens (tertiary/aromatic N) is 1. The lowest BCUT2D eigenvalue weighted by atomic mass is 10.1. The molecule has 3 nitrogen and oxygen atoms in total. The molecule has 16 heavy (non-hydrogen) atoms. The number of hydrogen-bond acceptors (Lipinski definition) is 3. The van der Waals surface area contributed by atoms with Gasteiger partial charge >= 0.3 is 0 Å². The van der Waals surface area contributed by atoms with Crippen molar-refractivity contribution < 1.29 is 5.11 Å². The number of nitrogens with two attached hydrogens (primary N) is 1. The van der Waals surface area contributed by atoms with Gasteiger partial charge in [-0.25, -0.2) is 0 Å². The van der Waals surface area contributed by atoms with Crippen LogP contribution in [0.15, 0.2) is 18.2 Å². The highest BCUT2D eigenvalue weighted by Gasteiger charge is 2.10. The van der Waals surface area contributed by atoms with Crippen molar-refractivity contribution in [1.29, 1.82) is 0 Å². The molecule has 88 valence electrons. The highest BCUT2D eigenvalue weighted by atomic mass is 16.3. The third-order valence-corrected chi connectivity index (χ3v) is 3.23. The quantitative estimate of drug-likeness (QED) is 0.603. The highest BCUT2D eigenvalue weighted by Crippen LogP contribution is 2.21. The Bertz CT molecular complexity index is 346. The summed E-state index contributed by atoms with van der Waals surface area (Å²) in [6.07, 6.45) is 4.92. The number of anilines is 1.